The van der Waals surface area contributed by atoms with Gasteiger partial charge in [-0.05, 0) is 17.7 Å². The molecule has 1 aliphatic rings. The number of hydrogen-bond acceptors (Lipinski definition) is 3. The van der Waals surface area contributed by atoms with Crippen LogP contribution in [0.1, 0.15) is 11.6 Å². The predicted molar refractivity (Wildman–Crippen MR) is 54.3 cm³/mol. The predicted octanol–water partition coefficient (Wildman–Crippen LogP) is 1.03. The molecule has 1 saturated heterocycles. The summed E-state index contributed by atoms with van der Waals surface area (Å²) in [5.74, 6) is -0.308. The third kappa shape index (κ3) is 1.99. The standard InChI is InChI=1S/C11H12FN3/c12-9-3-1-2-8(4-9)11(5-13)15-6-10(14)7-15/h1-4,10-11H,6-7,14H2/t11-/m1/s1. The zero-order chi connectivity index (χ0) is 10.8. The van der Waals surface area contributed by atoms with Crippen LogP contribution in [0.5, 0.6) is 0 Å². The highest BCUT2D eigenvalue weighted by atomic mass is 19.1. The molecule has 0 spiro atoms. The minimum atomic E-state index is -0.375. The van der Waals surface area contributed by atoms with E-state index < -0.39 is 0 Å². The lowest BCUT2D eigenvalue weighted by molar-refractivity contribution is 0.121. The Morgan fingerprint density at radius 3 is 2.80 bits per heavy atom. The molecule has 1 fully saturated rings. The van der Waals surface area contributed by atoms with Gasteiger partial charge in [0.05, 0.1) is 6.07 Å². The Hall–Kier alpha value is -1.44. The highest BCUT2D eigenvalue weighted by Crippen LogP contribution is 2.24. The molecule has 2 N–H and O–H groups in total. The molecule has 0 aromatic heterocycles. The van der Waals surface area contributed by atoms with E-state index in [4.69, 9.17) is 11.0 Å². The Morgan fingerprint density at radius 1 is 1.53 bits per heavy atom. The first-order chi connectivity index (χ1) is 7.20. The number of benzene rings is 1. The van der Waals surface area contributed by atoms with Crippen molar-refractivity contribution in [3.8, 4) is 6.07 Å². The SMILES string of the molecule is N#C[C@H](c1cccc(F)c1)N1CC(N)C1. The number of nitrogens with zero attached hydrogens (tertiary/aromatic N) is 2. The molecule has 0 amide bonds. The number of hydrogen-bond donors (Lipinski definition) is 1. The lowest BCUT2D eigenvalue weighted by Crippen LogP contribution is -2.56. The number of likely N-dealkylation sites (tertiary alicyclic amines) is 1. The lowest BCUT2D eigenvalue weighted by atomic mass is 10.0. The molecule has 3 nitrogen and oxygen atoms in total. The zero-order valence-electron chi connectivity index (χ0n) is 8.23. The van der Waals surface area contributed by atoms with E-state index >= 15 is 0 Å². The Labute approximate surface area is 87.9 Å². The van der Waals surface area contributed by atoms with Gasteiger partial charge >= 0.3 is 0 Å². The van der Waals surface area contributed by atoms with Gasteiger partial charge in [0.2, 0.25) is 0 Å². The summed E-state index contributed by atoms with van der Waals surface area (Å²) in [4.78, 5) is 1.94. The fraction of sp³-hybridized carbons (Fsp3) is 0.364. The first-order valence-corrected chi connectivity index (χ1v) is 4.85. The fourth-order valence-corrected chi connectivity index (χ4v) is 1.80. The van der Waals surface area contributed by atoms with Crippen molar-refractivity contribution in [2.75, 3.05) is 13.1 Å². The summed E-state index contributed by atoms with van der Waals surface area (Å²) in [6, 6.07) is 8.10. The van der Waals surface area contributed by atoms with E-state index in [-0.39, 0.29) is 17.9 Å². The molecule has 1 aromatic carbocycles. The molecular formula is C11H12FN3. The summed E-state index contributed by atoms with van der Waals surface area (Å²) in [7, 11) is 0. The minimum Gasteiger partial charge on any atom is -0.325 e. The number of rotatable bonds is 2. The third-order valence-corrected chi connectivity index (χ3v) is 2.59. The van der Waals surface area contributed by atoms with E-state index in [0.29, 0.717) is 18.7 Å². The van der Waals surface area contributed by atoms with Crippen molar-refractivity contribution >= 4 is 0 Å². The molecule has 1 aromatic rings. The minimum absolute atomic E-state index is 0.148. The van der Waals surface area contributed by atoms with Gasteiger partial charge in [0.15, 0.2) is 0 Å². The monoisotopic (exact) mass is 205 g/mol. The molecule has 0 saturated carbocycles. The van der Waals surface area contributed by atoms with Crippen molar-refractivity contribution in [3.05, 3.63) is 35.6 Å². The molecule has 1 aliphatic heterocycles. The largest absolute Gasteiger partial charge is 0.325 e. The van der Waals surface area contributed by atoms with E-state index in [0.717, 1.165) is 0 Å². The Balaban J connectivity index is 2.17. The second-order valence-corrected chi connectivity index (χ2v) is 3.80. The van der Waals surface area contributed by atoms with Crippen LogP contribution in [0.25, 0.3) is 0 Å². The van der Waals surface area contributed by atoms with E-state index in [1.54, 1.807) is 12.1 Å². The van der Waals surface area contributed by atoms with Crippen LogP contribution in [0.3, 0.4) is 0 Å². The van der Waals surface area contributed by atoms with Gasteiger partial charge in [-0.15, -0.1) is 0 Å². The van der Waals surface area contributed by atoms with Crippen LogP contribution in [0.15, 0.2) is 24.3 Å². The van der Waals surface area contributed by atoms with Crippen molar-refractivity contribution in [1.29, 1.82) is 5.26 Å². The summed E-state index contributed by atoms with van der Waals surface area (Å²) < 4.78 is 13.0. The Bertz CT molecular complexity index is 393. The van der Waals surface area contributed by atoms with E-state index in [9.17, 15) is 4.39 Å². The normalized spacial score (nSPS) is 19.3. The van der Waals surface area contributed by atoms with Gasteiger partial charge in [0.1, 0.15) is 11.9 Å². The zero-order valence-corrected chi connectivity index (χ0v) is 8.23. The second-order valence-electron chi connectivity index (χ2n) is 3.80. The van der Waals surface area contributed by atoms with Gasteiger partial charge in [0.25, 0.3) is 0 Å². The summed E-state index contributed by atoms with van der Waals surface area (Å²) >= 11 is 0. The third-order valence-electron chi connectivity index (χ3n) is 2.59. The van der Waals surface area contributed by atoms with Crippen molar-refractivity contribution in [2.45, 2.75) is 12.1 Å². The molecule has 0 unspecified atom stereocenters. The molecule has 0 aliphatic carbocycles. The highest BCUT2D eigenvalue weighted by molar-refractivity contribution is 5.25. The van der Waals surface area contributed by atoms with Gasteiger partial charge < -0.3 is 5.73 Å². The van der Waals surface area contributed by atoms with Crippen LogP contribution in [0.4, 0.5) is 4.39 Å². The molecule has 2 rings (SSSR count). The van der Waals surface area contributed by atoms with Crippen LogP contribution in [-0.4, -0.2) is 24.0 Å². The second kappa shape index (κ2) is 3.97. The molecule has 0 radical (unpaired) electrons. The lowest BCUT2D eigenvalue weighted by Gasteiger charge is -2.39. The maximum atomic E-state index is 13.0. The smallest absolute Gasteiger partial charge is 0.124 e. The van der Waals surface area contributed by atoms with Crippen LogP contribution >= 0.6 is 0 Å². The van der Waals surface area contributed by atoms with Crippen LogP contribution in [0, 0.1) is 17.1 Å². The first-order valence-electron chi connectivity index (χ1n) is 4.85. The van der Waals surface area contributed by atoms with Crippen molar-refractivity contribution in [2.24, 2.45) is 5.73 Å². The molecule has 1 atom stereocenters. The average molecular weight is 205 g/mol. The quantitative estimate of drug-likeness (QED) is 0.784. The Kier molecular flexibility index (Phi) is 2.67. The topological polar surface area (TPSA) is 53.0 Å². The van der Waals surface area contributed by atoms with Crippen LogP contribution < -0.4 is 5.73 Å². The van der Waals surface area contributed by atoms with Crippen LogP contribution in [-0.2, 0) is 0 Å². The van der Waals surface area contributed by atoms with Crippen LogP contribution in [0.2, 0.25) is 0 Å². The first kappa shape index (κ1) is 10.1. The number of nitrogens with two attached hydrogens (primary N) is 1. The summed E-state index contributed by atoms with van der Waals surface area (Å²) in [6.45, 7) is 1.41. The van der Waals surface area contributed by atoms with E-state index in [2.05, 4.69) is 6.07 Å². The van der Waals surface area contributed by atoms with Crippen molar-refractivity contribution < 1.29 is 4.39 Å². The summed E-state index contributed by atoms with van der Waals surface area (Å²) in [5, 5.41) is 9.04. The van der Waals surface area contributed by atoms with E-state index in [1.807, 2.05) is 4.90 Å². The number of halogens is 1. The van der Waals surface area contributed by atoms with Crippen molar-refractivity contribution in [1.82, 2.24) is 4.90 Å². The van der Waals surface area contributed by atoms with Gasteiger partial charge in [-0.2, -0.15) is 5.26 Å². The Morgan fingerprint density at radius 2 is 2.27 bits per heavy atom. The average Bonchev–Trinajstić information content (AvgIpc) is 2.16. The maximum absolute atomic E-state index is 13.0. The maximum Gasteiger partial charge on any atom is 0.124 e. The summed E-state index contributed by atoms with van der Waals surface area (Å²) in [6.07, 6.45) is 0. The molecular weight excluding hydrogens is 193 g/mol. The highest BCUT2D eigenvalue weighted by Gasteiger charge is 2.30. The summed E-state index contributed by atoms with van der Waals surface area (Å²) in [5.41, 5.74) is 6.34. The molecule has 15 heavy (non-hydrogen) atoms. The van der Waals surface area contributed by atoms with Gasteiger partial charge in [-0.3, -0.25) is 4.90 Å². The van der Waals surface area contributed by atoms with Gasteiger partial charge in [0, 0.05) is 19.1 Å². The van der Waals surface area contributed by atoms with Gasteiger partial charge in [-0.1, -0.05) is 12.1 Å². The molecule has 78 valence electrons. The van der Waals surface area contributed by atoms with E-state index in [1.165, 1.54) is 12.1 Å². The fourth-order valence-electron chi connectivity index (χ4n) is 1.80. The van der Waals surface area contributed by atoms with Gasteiger partial charge in [-0.25, -0.2) is 4.39 Å². The molecule has 0 bridgehead atoms. The molecule has 1 heterocycles. The van der Waals surface area contributed by atoms with Crippen molar-refractivity contribution in [3.63, 3.8) is 0 Å². The molecule has 4 heteroatoms. The number of nitriles is 1.